The van der Waals surface area contributed by atoms with Gasteiger partial charge < -0.3 is 9.47 Å². The maximum absolute atomic E-state index is 4.42. The highest BCUT2D eigenvalue weighted by Crippen LogP contribution is 2.47. The Morgan fingerprint density at radius 2 is 1.52 bits per heavy atom. The lowest BCUT2D eigenvalue weighted by Crippen LogP contribution is -2.31. The van der Waals surface area contributed by atoms with E-state index in [1.165, 1.54) is 64.7 Å². The van der Waals surface area contributed by atoms with Crippen molar-refractivity contribution < 1.29 is 0 Å². The van der Waals surface area contributed by atoms with Gasteiger partial charge in [0.1, 0.15) is 6.17 Å². The Bertz CT molecular complexity index is 2560. The van der Waals surface area contributed by atoms with Crippen LogP contribution in [0.4, 0.5) is 5.69 Å². The summed E-state index contributed by atoms with van der Waals surface area (Å²) < 4.78 is 5.20. The topological polar surface area (TPSA) is 8.17 Å². The first-order valence-corrected chi connectivity index (χ1v) is 20.9. The van der Waals surface area contributed by atoms with Crippen LogP contribution in [-0.2, 0) is 6.42 Å². The molecule has 2 aromatic heterocycles. The van der Waals surface area contributed by atoms with E-state index < -0.39 is 0 Å². The third-order valence-electron chi connectivity index (χ3n) is 10.2. The molecule has 3 heteroatoms. The highest BCUT2D eigenvalue weighted by Gasteiger charge is 2.30. The minimum atomic E-state index is -0.0538. The van der Waals surface area contributed by atoms with Crippen LogP contribution in [0.25, 0.3) is 48.3 Å². The predicted octanol–water partition coefficient (Wildman–Crippen LogP) is 15.9. The quantitative estimate of drug-likeness (QED) is 0.126. The molecule has 0 fully saturated rings. The van der Waals surface area contributed by atoms with E-state index in [1.54, 1.807) is 6.08 Å². The molecule has 2 nitrogen and oxygen atoms in total. The van der Waals surface area contributed by atoms with Gasteiger partial charge in [-0.2, -0.15) is 0 Å². The van der Waals surface area contributed by atoms with Gasteiger partial charge in [0.2, 0.25) is 0 Å². The molecule has 1 atom stereocenters. The van der Waals surface area contributed by atoms with Crippen LogP contribution in [0, 0.1) is 0 Å². The van der Waals surface area contributed by atoms with Gasteiger partial charge in [-0.1, -0.05) is 151 Å². The van der Waals surface area contributed by atoms with Gasteiger partial charge in [-0.3, -0.25) is 0 Å². The minimum Gasteiger partial charge on any atom is -0.350 e. The van der Waals surface area contributed by atoms with Crippen LogP contribution in [0.1, 0.15) is 89.5 Å². The lowest BCUT2D eigenvalue weighted by atomic mass is 9.91. The van der Waals surface area contributed by atoms with Gasteiger partial charge in [0.25, 0.3) is 0 Å². The molecular formula is C53H58N2S. The van der Waals surface area contributed by atoms with Crippen molar-refractivity contribution in [3.63, 3.8) is 0 Å². The first kappa shape index (κ1) is 41.5. The van der Waals surface area contributed by atoms with E-state index in [0.717, 1.165) is 34.3 Å². The number of hydrogen-bond acceptors (Lipinski definition) is 2. The number of fused-ring (bicyclic) bond motifs is 5. The molecule has 56 heavy (non-hydrogen) atoms. The highest BCUT2D eigenvalue weighted by atomic mass is 32.1. The van der Waals surface area contributed by atoms with Crippen LogP contribution in [0.15, 0.2) is 164 Å². The van der Waals surface area contributed by atoms with Gasteiger partial charge in [0, 0.05) is 55.1 Å². The number of para-hydroxylation sites is 1. The van der Waals surface area contributed by atoms with Crippen molar-refractivity contribution in [2.24, 2.45) is 0 Å². The Morgan fingerprint density at radius 1 is 0.821 bits per heavy atom. The molecule has 1 aliphatic rings. The van der Waals surface area contributed by atoms with Crippen molar-refractivity contribution in [3.8, 4) is 0 Å². The lowest BCUT2D eigenvalue weighted by Gasteiger charge is -2.37. The second-order valence-corrected chi connectivity index (χ2v) is 14.5. The van der Waals surface area contributed by atoms with Crippen LogP contribution in [0.5, 0.6) is 0 Å². The molecule has 1 unspecified atom stereocenters. The highest BCUT2D eigenvalue weighted by molar-refractivity contribution is 7.26. The lowest BCUT2D eigenvalue weighted by molar-refractivity contribution is 0.602. The van der Waals surface area contributed by atoms with Crippen LogP contribution in [0.2, 0.25) is 0 Å². The third kappa shape index (κ3) is 7.74. The Hall–Kier alpha value is -5.64. The van der Waals surface area contributed by atoms with Crippen molar-refractivity contribution in [2.45, 2.75) is 68.0 Å². The number of aromatic nitrogens is 1. The summed E-state index contributed by atoms with van der Waals surface area (Å²) in [5, 5.41) is 3.90. The molecule has 7 rings (SSSR count). The monoisotopic (exact) mass is 754 g/mol. The molecule has 6 aromatic rings. The van der Waals surface area contributed by atoms with E-state index in [4.69, 9.17) is 0 Å². The summed E-state index contributed by atoms with van der Waals surface area (Å²) in [6.45, 7) is 29.0. The summed E-state index contributed by atoms with van der Waals surface area (Å²) >= 11 is 1.89. The number of thiophene rings is 1. The first-order valence-electron chi connectivity index (χ1n) is 20.1. The average molecular weight is 755 g/mol. The van der Waals surface area contributed by atoms with Gasteiger partial charge in [-0.15, -0.1) is 11.3 Å². The molecule has 3 heterocycles. The molecule has 0 spiro atoms. The zero-order valence-electron chi connectivity index (χ0n) is 34.9. The van der Waals surface area contributed by atoms with Crippen LogP contribution < -0.4 is 4.90 Å². The molecule has 4 aromatic carbocycles. The summed E-state index contributed by atoms with van der Waals surface area (Å²) in [7, 11) is 2.23. The number of likely N-dealkylation sites (N-methyl/N-ethyl adjacent to an activating group) is 1. The van der Waals surface area contributed by atoms with Crippen LogP contribution in [0.3, 0.4) is 0 Å². The van der Waals surface area contributed by atoms with E-state index in [2.05, 4.69) is 178 Å². The summed E-state index contributed by atoms with van der Waals surface area (Å²) in [5.41, 5.74) is 14.0. The van der Waals surface area contributed by atoms with Crippen molar-refractivity contribution in [1.29, 1.82) is 0 Å². The number of nitrogens with zero attached hydrogens (tertiary/aromatic N) is 2. The van der Waals surface area contributed by atoms with Crippen LogP contribution in [-0.4, -0.2) is 11.6 Å². The molecule has 0 radical (unpaired) electrons. The van der Waals surface area contributed by atoms with E-state index in [9.17, 15) is 0 Å². The zero-order valence-corrected chi connectivity index (χ0v) is 35.7. The van der Waals surface area contributed by atoms with E-state index in [-0.39, 0.29) is 6.17 Å². The summed E-state index contributed by atoms with van der Waals surface area (Å²) in [5.74, 6) is 0. The molecule has 0 N–H and O–H groups in total. The fourth-order valence-electron chi connectivity index (χ4n) is 7.83. The molecule has 1 aliphatic heterocycles. The van der Waals surface area contributed by atoms with Gasteiger partial charge >= 0.3 is 0 Å². The molecular weight excluding hydrogens is 697 g/mol. The SMILES string of the molecule is C=C/C=C(\C(=C)C)C(=C)/C=C(\C=C/C)c1ccc2c(c1)c(CC)c(/C=C\C)n2C1C=C(c2cccc3c2sc2ccccc23)c2ccccc2N1C.CC.CC. The zero-order chi connectivity index (χ0) is 40.5. The van der Waals surface area contributed by atoms with Crippen molar-refractivity contribution in [1.82, 2.24) is 4.57 Å². The first-order chi connectivity index (χ1) is 27.3. The predicted molar refractivity (Wildman–Crippen MR) is 254 cm³/mol. The Kier molecular flexibility index (Phi) is 13.9. The Morgan fingerprint density at radius 3 is 2.21 bits per heavy atom. The van der Waals surface area contributed by atoms with Crippen molar-refractivity contribution in [3.05, 3.63) is 192 Å². The normalized spacial score (nSPS) is 14.4. The third-order valence-corrected chi connectivity index (χ3v) is 11.4. The molecule has 0 amide bonds. The summed E-state index contributed by atoms with van der Waals surface area (Å²) in [6, 6.07) is 31.4. The second kappa shape index (κ2) is 18.8. The van der Waals surface area contributed by atoms with Gasteiger partial charge in [-0.25, -0.2) is 0 Å². The van der Waals surface area contributed by atoms with Crippen molar-refractivity contribution >= 4 is 65.3 Å². The molecule has 0 aliphatic carbocycles. The van der Waals surface area contributed by atoms with Gasteiger partial charge in [0.15, 0.2) is 0 Å². The second-order valence-electron chi connectivity index (χ2n) is 13.4. The Balaban J connectivity index is 0.00000145. The van der Waals surface area contributed by atoms with E-state index in [1.807, 2.05) is 52.0 Å². The average Bonchev–Trinajstić information content (AvgIpc) is 3.76. The fourth-order valence-corrected chi connectivity index (χ4v) is 9.06. The Labute approximate surface area is 340 Å². The minimum absolute atomic E-state index is 0.0538. The molecule has 0 bridgehead atoms. The number of aryl methyl sites for hydroxylation is 1. The van der Waals surface area contributed by atoms with Crippen LogP contribution >= 0.6 is 11.3 Å². The smallest absolute Gasteiger partial charge is 0.126 e. The molecule has 0 saturated heterocycles. The number of rotatable bonds is 10. The van der Waals surface area contributed by atoms with Gasteiger partial charge in [-0.05, 0) is 103 Å². The molecule has 286 valence electrons. The number of allylic oxidation sites excluding steroid dienone is 10. The fraction of sp³-hybridized carbons (Fsp3) is 0.208. The standard InChI is InChI=1S/C49H46N2S.2C2H6/c1-9-18-34(29-33(7)37(19-10-2)32(5)6)35-27-28-46-43(30-35)36(12-4)45(20-11-3)51(46)48-31-42(38-21-13-15-25-44(38)50(48)8)41-24-17-23-40-39-22-14-16-26-47(39)52-49(40)41;2*1-2/h9-11,13-31,48H,2,5,7,12H2,1,3-4,6,8H3;2*1-2H3/b18-9-,20-11-,34-29+,37-19+;;. The van der Waals surface area contributed by atoms with Crippen molar-refractivity contribution in [2.75, 3.05) is 11.9 Å². The molecule has 0 saturated carbocycles. The maximum Gasteiger partial charge on any atom is 0.126 e. The number of benzene rings is 4. The number of hydrogen-bond donors (Lipinski definition) is 0. The van der Waals surface area contributed by atoms with E-state index >= 15 is 0 Å². The largest absolute Gasteiger partial charge is 0.350 e. The number of anilines is 1. The summed E-state index contributed by atoms with van der Waals surface area (Å²) in [4.78, 5) is 2.43. The van der Waals surface area contributed by atoms with Gasteiger partial charge in [0.05, 0.1) is 5.52 Å². The summed E-state index contributed by atoms with van der Waals surface area (Å²) in [6.07, 6.45) is 18.0. The maximum atomic E-state index is 4.42. The van der Waals surface area contributed by atoms with E-state index in [0.29, 0.717) is 0 Å².